The number of piperidine rings is 3. The molecule has 10 nitrogen and oxygen atoms in total. The summed E-state index contributed by atoms with van der Waals surface area (Å²) in [5, 5.41) is 0.618. The van der Waals surface area contributed by atoms with E-state index in [0.717, 1.165) is 48.4 Å². The number of likely N-dealkylation sites (tertiary alicyclic amines) is 3. The monoisotopic (exact) mass is 725 g/mol. The molecule has 3 aliphatic heterocycles. The summed E-state index contributed by atoms with van der Waals surface area (Å²) in [4.78, 5) is 54.6. The summed E-state index contributed by atoms with van der Waals surface area (Å²) >= 11 is 6.16. The van der Waals surface area contributed by atoms with Crippen LogP contribution in [0.4, 0.5) is 18.9 Å². The number of nitrogen functional groups attached to an aromatic ring is 1. The number of nitrogens with zero attached hydrogens (tertiary/aromatic N) is 5. The number of imidazole rings is 1. The van der Waals surface area contributed by atoms with Gasteiger partial charge in [-0.2, -0.15) is 13.2 Å². The molecule has 0 saturated carbocycles. The van der Waals surface area contributed by atoms with Gasteiger partial charge in [0.2, 0.25) is 11.8 Å². The lowest BCUT2D eigenvalue weighted by Gasteiger charge is -2.41. The third-order valence-corrected chi connectivity index (χ3v) is 11.4. The molecule has 2 aromatic carbocycles. The van der Waals surface area contributed by atoms with Crippen molar-refractivity contribution in [1.29, 1.82) is 0 Å². The van der Waals surface area contributed by atoms with Crippen LogP contribution in [0.2, 0.25) is 5.02 Å². The summed E-state index contributed by atoms with van der Waals surface area (Å²) in [5.74, 6) is -1.36. The highest BCUT2D eigenvalue weighted by Gasteiger charge is 2.37. The summed E-state index contributed by atoms with van der Waals surface area (Å²) in [7, 11) is 0. The van der Waals surface area contributed by atoms with Crippen LogP contribution in [0.5, 0.6) is 0 Å². The van der Waals surface area contributed by atoms with Gasteiger partial charge in [0.05, 0.1) is 44.9 Å². The zero-order chi connectivity index (χ0) is 35.9. The Balaban J connectivity index is 1.07. The molecule has 1 atom stereocenters. The Labute approximate surface area is 298 Å². The molecular formula is C37H43ClF3N7O3. The first-order valence-corrected chi connectivity index (χ1v) is 18.3. The van der Waals surface area contributed by atoms with Crippen LogP contribution in [0.3, 0.4) is 0 Å². The van der Waals surface area contributed by atoms with Crippen LogP contribution < -0.4 is 11.4 Å². The van der Waals surface area contributed by atoms with Crippen molar-refractivity contribution in [3.8, 4) is 0 Å². The Bertz CT molecular complexity index is 1970. The van der Waals surface area contributed by atoms with Crippen LogP contribution in [0.25, 0.3) is 21.9 Å². The molecule has 0 spiro atoms. The van der Waals surface area contributed by atoms with Crippen LogP contribution in [0.1, 0.15) is 68.5 Å². The number of carbonyl (C=O) groups is 2. The molecule has 2 amide bonds. The van der Waals surface area contributed by atoms with Gasteiger partial charge in [0.1, 0.15) is 0 Å². The van der Waals surface area contributed by atoms with Crippen molar-refractivity contribution in [2.45, 2.75) is 76.0 Å². The first-order chi connectivity index (χ1) is 24.5. The van der Waals surface area contributed by atoms with E-state index in [0.29, 0.717) is 50.6 Å². The summed E-state index contributed by atoms with van der Waals surface area (Å²) in [6, 6.07) is 10.2. The average molecular weight is 726 g/mol. The maximum absolute atomic E-state index is 14.1. The van der Waals surface area contributed by atoms with Crippen molar-refractivity contribution in [2.75, 3.05) is 45.0 Å². The summed E-state index contributed by atoms with van der Waals surface area (Å²) in [5.41, 5.74) is 6.26. The van der Waals surface area contributed by atoms with Gasteiger partial charge in [-0.15, -0.1) is 0 Å². The number of fused-ring (bicyclic) bond motifs is 3. The maximum Gasteiger partial charge on any atom is 0.418 e. The van der Waals surface area contributed by atoms with Gasteiger partial charge in [0, 0.05) is 50.1 Å². The Kier molecular flexibility index (Phi) is 10.0. The predicted octanol–water partition coefficient (Wildman–Crippen LogP) is 6.02. The molecule has 14 heteroatoms. The molecule has 7 rings (SSSR count). The predicted molar refractivity (Wildman–Crippen MR) is 190 cm³/mol. The van der Waals surface area contributed by atoms with Gasteiger partial charge in [-0.3, -0.25) is 19.1 Å². The van der Waals surface area contributed by atoms with E-state index in [1.165, 1.54) is 25.3 Å². The number of pyridine rings is 1. The Hall–Kier alpha value is -4.10. The number of benzene rings is 2. The van der Waals surface area contributed by atoms with Crippen LogP contribution in [-0.2, 0) is 22.2 Å². The molecule has 0 aliphatic carbocycles. The van der Waals surface area contributed by atoms with E-state index in [9.17, 15) is 27.6 Å². The molecule has 51 heavy (non-hydrogen) atoms. The number of nitrogens with two attached hydrogens (primary N) is 1. The minimum absolute atomic E-state index is 0.0815. The minimum Gasteiger partial charge on any atom is -0.397 e. The van der Waals surface area contributed by atoms with Gasteiger partial charge >= 0.3 is 11.9 Å². The van der Waals surface area contributed by atoms with Gasteiger partial charge in [0.25, 0.3) is 0 Å². The molecule has 2 aromatic heterocycles. The zero-order valence-electron chi connectivity index (χ0n) is 28.4. The van der Waals surface area contributed by atoms with E-state index in [2.05, 4.69) is 14.9 Å². The number of aromatic amines is 1. The second-order valence-electron chi connectivity index (χ2n) is 14.2. The smallest absolute Gasteiger partial charge is 0.397 e. The number of carbonyl (C=O) groups excluding carboxylic acids is 2. The minimum atomic E-state index is -4.73. The lowest BCUT2D eigenvalue weighted by molar-refractivity contribution is -0.143. The SMILES string of the molecule is Nc1c(Cl)cc(C[C@@H](CC(=O)N2CCC(n3c(=O)[nH]c4c5ccccc5ncc43)CC2)C(=O)N2CCC(N3CCCCC3)CC2)cc1C(F)(F)F. The number of para-hydroxylation sites is 1. The average Bonchev–Trinajstić information content (AvgIpc) is 3.48. The number of H-pyrrole nitrogens is 1. The van der Waals surface area contributed by atoms with E-state index in [1.807, 2.05) is 24.3 Å². The van der Waals surface area contributed by atoms with Gasteiger partial charge in [-0.05, 0) is 81.8 Å². The van der Waals surface area contributed by atoms with Crippen molar-refractivity contribution >= 4 is 51.0 Å². The Morgan fingerprint density at radius 1 is 0.941 bits per heavy atom. The van der Waals surface area contributed by atoms with E-state index in [4.69, 9.17) is 17.3 Å². The number of halogens is 4. The highest BCUT2D eigenvalue weighted by atomic mass is 35.5. The van der Waals surface area contributed by atoms with Crippen molar-refractivity contribution in [3.05, 3.63) is 69.2 Å². The first-order valence-electron chi connectivity index (χ1n) is 17.9. The molecule has 0 unspecified atom stereocenters. The standard InChI is InChI=1S/C37H43ClF3N7O3/c38-29-20-23(19-28(33(29)42)37(39,40)41)18-24(35(50)47-16-8-25(9-17-47)45-12-4-1-5-13-45)21-32(49)46-14-10-26(11-15-46)48-31-22-43-30-7-3-2-6-27(30)34(31)44-36(48)51/h2-3,6-7,19-20,22,24-26H,1,4-5,8-18,21,42H2,(H,44,51)/t24-/m0/s1. The molecule has 272 valence electrons. The fourth-order valence-electron chi connectivity index (χ4n) is 8.35. The third kappa shape index (κ3) is 7.32. The molecule has 0 radical (unpaired) electrons. The van der Waals surface area contributed by atoms with Crippen molar-refractivity contribution in [3.63, 3.8) is 0 Å². The van der Waals surface area contributed by atoms with Gasteiger partial charge in [-0.1, -0.05) is 36.2 Å². The van der Waals surface area contributed by atoms with Crippen molar-refractivity contribution in [1.82, 2.24) is 29.2 Å². The normalized spacial score (nSPS) is 19.2. The first kappa shape index (κ1) is 35.3. The number of amides is 2. The number of alkyl halides is 3. The maximum atomic E-state index is 14.1. The van der Waals surface area contributed by atoms with Gasteiger partial charge in [0.15, 0.2) is 0 Å². The number of hydrogen-bond acceptors (Lipinski definition) is 6. The van der Waals surface area contributed by atoms with Gasteiger partial charge in [-0.25, -0.2) is 4.79 Å². The highest BCUT2D eigenvalue weighted by molar-refractivity contribution is 6.33. The zero-order valence-corrected chi connectivity index (χ0v) is 29.2. The fraction of sp³-hybridized carbons (Fsp3) is 0.514. The molecule has 3 fully saturated rings. The second-order valence-corrected chi connectivity index (χ2v) is 14.6. The molecule has 5 heterocycles. The third-order valence-electron chi connectivity index (χ3n) is 11.1. The molecule has 4 aromatic rings. The molecular weight excluding hydrogens is 683 g/mol. The van der Waals surface area contributed by atoms with Crippen LogP contribution in [0.15, 0.2) is 47.4 Å². The second kappa shape index (κ2) is 14.5. The van der Waals surface area contributed by atoms with Crippen LogP contribution in [-0.4, -0.2) is 86.4 Å². The molecule has 3 saturated heterocycles. The van der Waals surface area contributed by atoms with E-state index in [1.54, 1.807) is 20.6 Å². The lowest BCUT2D eigenvalue weighted by Crippen LogP contribution is -2.50. The fourth-order valence-corrected chi connectivity index (χ4v) is 8.59. The molecule has 0 bridgehead atoms. The number of hydrogen-bond donors (Lipinski definition) is 2. The summed E-state index contributed by atoms with van der Waals surface area (Å²) in [6.45, 7) is 3.95. The Morgan fingerprint density at radius 3 is 2.31 bits per heavy atom. The number of rotatable bonds is 7. The Morgan fingerprint density at radius 2 is 1.61 bits per heavy atom. The highest BCUT2D eigenvalue weighted by Crippen LogP contribution is 2.39. The van der Waals surface area contributed by atoms with Crippen LogP contribution >= 0.6 is 11.6 Å². The quantitative estimate of drug-likeness (QED) is 0.225. The van der Waals surface area contributed by atoms with Crippen LogP contribution in [0, 0.1) is 5.92 Å². The van der Waals surface area contributed by atoms with E-state index < -0.39 is 23.3 Å². The topological polar surface area (TPSA) is 121 Å². The van der Waals surface area contributed by atoms with E-state index >= 15 is 0 Å². The van der Waals surface area contributed by atoms with Gasteiger partial charge < -0.3 is 25.4 Å². The molecule has 3 aliphatic rings. The molecule has 3 N–H and O–H groups in total. The number of aromatic nitrogens is 3. The summed E-state index contributed by atoms with van der Waals surface area (Å²) in [6.07, 6.45) is 3.03. The van der Waals surface area contributed by atoms with E-state index in [-0.39, 0.29) is 47.0 Å². The summed E-state index contributed by atoms with van der Waals surface area (Å²) < 4.78 is 43.3. The van der Waals surface area contributed by atoms with Crippen molar-refractivity contribution in [2.24, 2.45) is 5.92 Å². The largest absolute Gasteiger partial charge is 0.418 e. The van der Waals surface area contributed by atoms with Crippen molar-refractivity contribution < 1.29 is 22.8 Å². The number of nitrogens with one attached hydrogen (secondary N) is 1. The lowest BCUT2D eigenvalue weighted by atomic mass is 9.91. The number of anilines is 1.